The summed E-state index contributed by atoms with van der Waals surface area (Å²) in [6.07, 6.45) is 4.15. The standard InChI is InChI=1S/C19H25N3O3S/c1-12(2)25-15-5-4-14(10-16(15)24-3)18(23)22-19-21-11-17(26-19)13-6-8-20-9-7-13/h4-5,10-13,20H,6-9H2,1-3H3,(H,21,22,23). The summed E-state index contributed by atoms with van der Waals surface area (Å²) in [5.41, 5.74) is 0.511. The number of hydrogen-bond donors (Lipinski definition) is 2. The van der Waals surface area contributed by atoms with Crippen LogP contribution in [0.25, 0.3) is 0 Å². The summed E-state index contributed by atoms with van der Waals surface area (Å²) >= 11 is 1.56. The molecule has 0 bridgehead atoms. The molecule has 1 saturated heterocycles. The smallest absolute Gasteiger partial charge is 0.257 e. The normalized spacial score (nSPS) is 15.1. The van der Waals surface area contributed by atoms with Crippen LogP contribution in [0.1, 0.15) is 47.8 Å². The minimum absolute atomic E-state index is 0.0345. The number of anilines is 1. The van der Waals surface area contributed by atoms with Crippen LogP contribution in [0.4, 0.5) is 5.13 Å². The zero-order valence-electron chi connectivity index (χ0n) is 15.4. The summed E-state index contributed by atoms with van der Waals surface area (Å²) in [4.78, 5) is 18.2. The fraction of sp³-hybridized carbons (Fsp3) is 0.474. The summed E-state index contributed by atoms with van der Waals surface area (Å²) in [5, 5.41) is 6.88. The number of nitrogens with one attached hydrogen (secondary N) is 2. The van der Waals surface area contributed by atoms with Crippen molar-refractivity contribution in [1.82, 2.24) is 10.3 Å². The molecule has 1 aromatic carbocycles. The molecule has 2 N–H and O–H groups in total. The van der Waals surface area contributed by atoms with Crippen molar-refractivity contribution in [2.45, 2.75) is 38.7 Å². The number of methoxy groups -OCH3 is 1. The first-order valence-corrected chi connectivity index (χ1v) is 9.71. The number of nitrogens with zero attached hydrogens (tertiary/aromatic N) is 1. The van der Waals surface area contributed by atoms with Crippen LogP contribution < -0.4 is 20.1 Å². The van der Waals surface area contributed by atoms with E-state index in [1.54, 1.807) is 36.6 Å². The van der Waals surface area contributed by atoms with E-state index < -0.39 is 0 Å². The zero-order chi connectivity index (χ0) is 18.5. The van der Waals surface area contributed by atoms with E-state index in [4.69, 9.17) is 9.47 Å². The minimum Gasteiger partial charge on any atom is -0.493 e. The Morgan fingerprint density at radius 3 is 2.77 bits per heavy atom. The highest BCUT2D eigenvalue weighted by atomic mass is 32.1. The molecule has 0 radical (unpaired) electrons. The first kappa shape index (κ1) is 18.7. The van der Waals surface area contributed by atoms with Crippen molar-refractivity contribution in [1.29, 1.82) is 0 Å². The molecule has 2 aromatic rings. The maximum Gasteiger partial charge on any atom is 0.257 e. The SMILES string of the molecule is COc1cc(C(=O)Nc2ncc(C3CCNCC3)s2)ccc1OC(C)C. The second-order valence-corrected chi connectivity index (χ2v) is 7.64. The molecule has 0 saturated carbocycles. The number of thiazole rings is 1. The lowest BCUT2D eigenvalue weighted by atomic mass is 9.97. The molecule has 1 aromatic heterocycles. The highest BCUT2D eigenvalue weighted by molar-refractivity contribution is 7.15. The average Bonchev–Trinajstić information content (AvgIpc) is 3.10. The largest absolute Gasteiger partial charge is 0.493 e. The Kier molecular flexibility index (Phi) is 6.11. The third-order valence-corrected chi connectivity index (χ3v) is 5.35. The molecule has 1 aliphatic rings. The molecule has 2 heterocycles. The van der Waals surface area contributed by atoms with Gasteiger partial charge in [0.25, 0.3) is 5.91 Å². The third-order valence-electron chi connectivity index (χ3n) is 4.27. The molecule has 0 spiro atoms. The van der Waals surface area contributed by atoms with Gasteiger partial charge in [-0.1, -0.05) is 0 Å². The number of carbonyl (C=O) groups is 1. The van der Waals surface area contributed by atoms with Gasteiger partial charge in [-0.05, 0) is 63.9 Å². The molecule has 6 nitrogen and oxygen atoms in total. The van der Waals surface area contributed by atoms with Crippen LogP contribution in [0, 0.1) is 0 Å². The second-order valence-electron chi connectivity index (χ2n) is 6.58. The molecule has 0 unspecified atom stereocenters. The van der Waals surface area contributed by atoms with E-state index in [1.807, 2.05) is 20.0 Å². The van der Waals surface area contributed by atoms with E-state index in [2.05, 4.69) is 15.6 Å². The monoisotopic (exact) mass is 375 g/mol. The molecule has 3 rings (SSSR count). The number of piperidine rings is 1. The summed E-state index contributed by atoms with van der Waals surface area (Å²) in [6, 6.07) is 5.18. The lowest BCUT2D eigenvalue weighted by molar-refractivity contribution is 0.102. The van der Waals surface area contributed by atoms with E-state index in [0.29, 0.717) is 28.1 Å². The first-order valence-electron chi connectivity index (χ1n) is 8.89. The van der Waals surface area contributed by atoms with Crippen molar-refractivity contribution in [3.63, 3.8) is 0 Å². The Labute approximate surface area is 157 Å². The number of hydrogen-bond acceptors (Lipinski definition) is 6. The first-order chi connectivity index (χ1) is 12.6. The maximum absolute atomic E-state index is 12.6. The van der Waals surface area contributed by atoms with Crippen LogP contribution >= 0.6 is 11.3 Å². The van der Waals surface area contributed by atoms with Gasteiger partial charge in [-0.3, -0.25) is 10.1 Å². The van der Waals surface area contributed by atoms with Crippen molar-refractivity contribution in [2.24, 2.45) is 0 Å². The lowest BCUT2D eigenvalue weighted by Gasteiger charge is -2.20. The topological polar surface area (TPSA) is 72.5 Å². The van der Waals surface area contributed by atoms with Crippen LogP contribution in [0.15, 0.2) is 24.4 Å². The van der Waals surface area contributed by atoms with Gasteiger partial charge in [0.05, 0.1) is 13.2 Å². The Morgan fingerprint density at radius 2 is 2.08 bits per heavy atom. The fourth-order valence-electron chi connectivity index (χ4n) is 2.97. The molecule has 26 heavy (non-hydrogen) atoms. The predicted molar refractivity (Wildman–Crippen MR) is 104 cm³/mol. The quantitative estimate of drug-likeness (QED) is 0.806. The van der Waals surface area contributed by atoms with Crippen molar-refractivity contribution < 1.29 is 14.3 Å². The number of benzene rings is 1. The van der Waals surface area contributed by atoms with Gasteiger partial charge < -0.3 is 14.8 Å². The van der Waals surface area contributed by atoms with Gasteiger partial charge in [0.2, 0.25) is 0 Å². The highest BCUT2D eigenvalue weighted by Gasteiger charge is 2.19. The van der Waals surface area contributed by atoms with Crippen LogP contribution in [-0.4, -0.2) is 37.2 Å². The van der Waals surface area contributed by atoms with Gasteiger partial charge >= 0.3 is 0 Å². The van der Waals surface area contributed by atoms with Gasteiger partial charge in [-0.25, -0.2) is 4.98 Å². The Morgan fingerprint density at radius 1 is 1.31 bits per heavy atom. The summed E-state index contributed by atoms with van der Waals surface area (Å²) < 4.78 is 11.0. The van der Waals surface area contributed by atoms with Crippen LogP contribution in [0.3, 0.4) is 0 Å². The van der Waals surface area contributed by atoms with Crippen molar-refractivity contribution in [3.8, 4) is 11.5 Å². The fourth-order valence-corrected chi connectivity index (χ4v) is 3.95. The van der Waals surface area contributed by atoms with E-state index in [0.717, 1.165) is 25.9 Å². The molecule has 0 atom stereocenters. The van der Waals surface area contributed by atoms with Crippen LogP contribution in [-0.2, 0) is 0 Å². The maximum atomic E-state index is 12.6. The Bertz CT molecular complexity index is 754. The third kappa shape index (κ3) is 4.53. The molecule has 140 valence electrons. The highest BCUT2D eigenvalue weighted by Crippen LogP contribution is 2.32. The van der Waals surface area contributed by atoms with E-state index in [-0.39, 0.29) is 12.0 Å². The molecular weight excluding hydrogens is 350 g/mol. The molecule has 1 fully saturated rings. The Balaban J connectivity index is 1.69. The van der Waals surface area contributed by atoms with Gasteiger partial charge in [-0.2, -0.15) is 0 Å². The second kappa shape index (κ2) is 8.51. The zero-order valence-corrected chi connectivity index (χ0v) is 16.2. The summed E-state index contributed by atoms with van der Waals surface area (Å²) in [7, 11) is 1.57. The van der Waals surface area contributed by atoms with E-state index in [9.17, 15) is 4.79 Å². The van der Waals surface area contributed by atoms with E-state index >= 15 is 0 Å². The van der Waals surface area contributed by atoms with Gasteiger partial charge in [0.1, 0.15) is 0 Å². The number of ether oxygens (including phenoxy) is 2. The van der Waals surface area contributed by atoms with Crippen LogP contribution in [0.2, 0.25) is 0 Å². The minimum atomic E-state index is -0.203. The van der Waals surface area contributed by atoms with Gasteiger partial charge in [0.15, 0.2) is 16.6 Å². The summed E-state index contributed by atoms with van der Waals surface area (Å²) in [6.45, 7) is 5.97. The lowest BCUT2D eigenvalue weighted by Crippen LogP contribution is -2.26. The van der Waals surface area contributed by atoms with Crippen molar-refractivity contribution in [3.05, 3.63) is 34.8 Å². The summed E-state index contributed by atoms with van der Waals surface area (Å²) in [5.74, 6) is 1.50. The predicted octanol–water partition coefficient (Wildman–Crippen LogP) is 3.66. The number of aromatic nitrogens is 1. The van der Waals surface area contributed by atoms with Crippen molar-refractivity contribution >= 4 is 22.4 Å². The molecular formula is C19H25N3O3S. The number of amides is 1. The molecule has 0 aliphatic carbocycles. The molecule has 1 amide bonds. The average molecular weight is 375 g/mol. The number of carbonyl (C=O) groups excluding carboxylic acids is 1. The number of rotatable bonds is 6. The molecule has 1 aliphatic heterocycles. The van der Waals surface area contributed by atoms with Gasteiger partial charge in [0, 0.05) is 16.6 Å². The van der Waals surface area contributed by atoms with E-state index in [1.165, 1.54) is 4.88 Å². The van der Waals surface area contributed by atoms with Crippen molar-refractivity contribution in [2.75, 3.05) is 25.5 Å². The molecule has 7 heteroatoms. The van der Waals surface area contributed by atoms with Crippen LogP contribution in [0.5, 0.6) is 11.5 Å². The van der Waals surface area contributed by atoms with Gasteiger partial charge in [-0.15, -0.1) is 11.3 Å². The Hall–Kier alpha value is -2.12.